The number of carbonyl (C=O) groups is 5. The lowest BCUT2D eigenvalue weighted by atomic mass is 9.93. The summed E-state index contributed by atoms with van der Waals surface area (Å²) in [6.07, 6.45) is 118. The number of esters is 5. The number of ether oxygens (including phenoxy) is 6. The van der Waals surface area contributed by atoms with E-state index < -0.39 is 82.3 Å². The van der Waals surface area contributed by atoms with Gasteiger partial charge in [0, 0.05) is 55.4 Å². The molecule has 4 rings (SSSR count). The number of benzene rings is 3. The Morgan fingerprint density at radius 2 is 0.512 bits per heavy atom. The molecule has 0 saturated heterocycles. The third-order valence-corrected chi connectivity index (χ3v) is 18.4. The normalized spacial score (nSPS) is 14.7. The van der Waals surface area contributed by atoms with Crippen LogP contribution in [0.2, 0.25) is 0 Å². The van der Waals surface area contributed by atoms with E-state index in [4.69, 9.17) is 28.4 Å². The van der Waals surface area contributed by atoms with Gasteiger partial charge in [-0.05, 0) is 204 Å². The van der Waals surface area contributed by atoms with E-state index in [1.54, 1.807) is 0 Å². The fourth-order valence-corrected chi connectivity index (χ4v) is 11.9. The fourth-order valence-electron chi connectivity index (χ4n) is 11.9. The van der Waals surface area contributed by atoms with Gasteiger partial charge in [-0.3, -0.25) is 19.2 Å². The van der Waals surface area contributed by atoms with Gasteiger partial charge in [-0.2, -0.15) is 0 Å². The Balaban J connectivity index is 1.59. The van der Waals surface area contributed by atoms with Crippen LogP contribution < -0.4 is 23.7 Å². The molecule has 0 radical (unpaired) electrons. The lowest BCUT2D eigenvalue weighted by Gasteiger charge is -2.34. The van der Waals surface area contributed by atoms with Crippen molar-refractivity contribution in [2.75, 3.05) is 0 Å². The zero-order chi connectivity index (χ0) is 89.7. The summed E-state index contributed by atoms with van der Waals surface area (Å²) >= 11 is 0. The molecule has 3 aromatic carbocycles. The second kappa shape index (κ2) is 72.3. The average Bonchev–Trinajstić information content (AvgIpc) is 0.768. The lowest BCUT2D eigenvalue weighted by Crippen LogP contribution is -2.35. The molecule has 0 amide bonds. The van der Waals surface area contributed by atoms with Crippen LogP contribution >= 0.6 is 0 Å². The monoisotopic (exact) mass is 1700 g/mol. The highest BCUT2D eigenvalue weighted by Crippen LogP contribution is 2.47. The first-order valence-corrected chi connectivity index (χ1v) is 44.9. The second-order valence-electron chi connectivity index (χ2n) is 29.0. The number of hydrogen-bond acceptors (Lipinski definition) is 15. The van der Waals surface area contributed by atoms with E-state index in [1.807, 2.05) is 72.9 Å². The van der Waals surface area contributed by atoms with Crippen LogP contribution in [0.5, 0.6) is 51.7 Å². The molecular weight excluding hydrogens is 1560 g/mol. The number of phenolic OH excluding ortho intramolecular Hbond substituents is 4. The maximum absolute atomic E-state index is 14.9. The standard InChI is InChI=1S/C110H138O15/c1-5-9-13-17-21-25-29-33-37-41-45-49-53-57-61-65-69-73-77-81-103(113)120-98-85-92(86-99(107(98)117)121-104(114)82-78-74-70-66-62-58-54-50-46-42-38-34-30-26-22-18-14-10-6-2)109-102(91-95-96(112)89-94(111)90-97(95)124-109)125-110(119)93-87-100(122-105(115)83-79-75-71-67-63-59-55-51-47-43-39-35-31-27-23-19-15-11-7-3)108(118)101(88-93)123-106(116)84-80-76-72-68-64-60-56-52-48-44-40-36-32-28-24-20-16-12-8-4/h9-16,21-28,33-40,45-52,57-64,69-76,85-90,102,109,111-112,117-118H,5-8,17-20,29-32,41-44,53-56,65-68,77-84,91H2,1-4H3/b13-9-,14-10+,15-11-,16-12+,25-21+,26-22-,27-23+,28-24+,37-33+,38-34+,39-35+,40-36+,49-45+,50-46+,51-47+,52-48+,61-57+,62-58+,63-59+,64-60+,73-69+,74-70-,75-71+,76-72+/t102-,109-/m1/s1. The zero-order valence-electron chi connectivity index (χ0n) is 74.4. The Morgan fingerprint density at radius 1 is 0.296 bits per heavy atom. The third-order valence-electron chi connectivity index (χ3n) is 18.4. The fraction of sp³-hybridized carbons (Fsp3) is 0.355. The molecule has 1 heterocycles. The van der Waals surface area contributed by atoms with E-state index in [-0.39, 0.29) is 86.0 Å². The third kappa shape index (κ3) is 52.8. The van der Waals surface area contributed by atoms with Crippen LogP contribution in [0.25, 0.3) is 0 Å². The molecule has 0 spiro atoms. The predicted molar refractivity (Wildman–Crippen MR) is 515 cm³/mol. The molecule has 0 unspecified atom stereocenters. The van der Waals surface area contributed by atoms with Crippen molar-refractivity contribution < 1.29 is 72.8 Å². The molecule has 1 aliphatic rings. The van der Waals surface area contributed by atoms with Crippen LogP contribution in [0.15, 0.2) is 328 Å². The molecule has 2 atom stereocenters. The van der Waals surface area contributed by atoms with Gasteiger partial charge in [0.25, 0.3) is 0 Å². The van der Waals surface area contributed by atoms with Gasteiger partial charge >= 0.3 is 29.8 Å². The topological polar surface area (TPSA) is 222 Å². The average molecular weight is 1700 g/mol. The molecule has 0 saturated carbocycles. The van der Waals surface area contributed by atoms with Crippen LogP contribution in [0.1, 0.15) is 261 Å². The van der Waals surface area contributed by atoms with Crippen LogP contribution in [0.3, 0.4) is 0 Å². The first-order chi connectivity index (χ1) is 61.3. The van der Waals surface area contributed by atoms with Crippen molar-refractivity contribution in [3.05, 3.63) is 345 Å². The van der Waals surface area contributed by atoms with Crippen molar-refractivity contribution in [3.63, 3.8) is 0 Å². The van der Waals surface area contributed by atoms with E-state index in [9.17, 15) is 44.4 Å². The Bertz CT molecular complexity index is 4180. The predicted octanol–water partition coefficient (Wildman–Crippen LogP) is 28.9. The number of hydrogen-bond donors (Lipinski definition) is 4. The number of fused-ring (bicyclic) bond motifs is 1. The molecule has 125 heavy (non-hydrogen) atoms. The Labute approximate surface area is 746 Å². The smallest absolute Gasteiger partial charge is 0.338 e. The lowest BCUT2D eigenvalue weighted by molar-refractivity contribution is -0.135. The van der Waals surface area contributed by atoms with Crippen molar-refractivity contribution in [2.24, 2.45) is 0 Å². The molecular formula is C110H138O15. The van der Waals surface area contributed by atoms with E-state index in [0.29, 0.717) is 25.7 Å². The first-order valence-electron chi connectivity index (χ1n) is 44.9. The van der Waals surface area contributed by atoms with Gasteiger partial charge in [0.15, 0.2) is 29.1 Å². The summed E-state index contributed by atoms with van der Waals surface area (Å²) in [6.45, 7) is 8.49. The minimum atomic E-state index is -1.43. The largest absolute Gasteiger partial charge is 0.508 e. The van der Waals surface area contributed by atoms with Crippen molar-refractivity contribution in [1.29, 1.82) is 0 Å². The minimum absolute atomic E-state index is 0.0289. The van der Waals surface area contributed by atoms with E-state index in [0.717, 1.165) is 147 Å². The highest BCUT2D eigenvalue weighted by atomic mass is 16.6. The Hall–Kier alpha value is -12.2. The maximum atomic E-state index is 14.9. The van der Waals surface area contributed by atoms with Crippen LogP contribution in [-0.4, -0.2) is 56.4 Å². The van der Waals surface area contributed by atoms with E-state index in [2.05, 4.69) is 246 Å². The molecule has 15 nitrogen and oxygen atoms in total. The summed E-state index contributed by atoms with van der Waals surface area (Å²) in [5.74, 6) is -8.29. The molecule has 1 aliphatic heterocycles. The molecule has 0 aliphatic carbocycles. The SMILES string of the molecule is CC/C=C\C/C=C/C/C=C/C/C=C/C/C=C/C/C=C/CCC(=O)Oc1cc([C@H]2Oc3cc(O)cc(O)c3C[C@H]2OC(=O)c2cc(OC(=O)CC/C=C/C/C=C/C/C=C/C/C=C/C/C=C/C/C=C\CC)c(O)c(OC(=O)CC/C=C/C/C=C/C/C=C/C/C=C/C/C=C/C/C=C/CC)c2)cc(OC(=O)CC/C=C\C/C=C/C/C=C/C/C=C/C/C=C\C/C=C/CC)c1O. The summed E-state index contributed by atoms with van der Waals surface area (Å²) in [5.41, 5.74) is -0.190. The molecule has 0 aromatic heterocycles. The minimum Gasteiger partial charge on any atom is -0.508 e. The van der Waals surface area contributed by atoms with Gasteiger partial charge in [0.2, 0.25) is 11.5 Å². The van der Waals surface area contributed by atoms with Gasteiger partial charge in [-0.15, -0.1) is 0 Å². The van der Waals surface area contributed by atoms with Gasteiger partial charge in [-0.25, -0.2) is 4.79 Å². The summed E-state index contributed by atoms with van der Waals surface area (Å²) in [5, 5.41) is 45.6. The van der Waals surface area contributed by atoms with E-state index >= 15 is 0 Å². The van der Waals surface area contributed by atoms with Gasteiger partial charge in [0.05, 0.1) is 5.56 Å². The van der Waals surface area contributed by atoms with E-state index in [1.165, 1.54) is 18.2 Å². The second-order valence-corrected chi connectivity index (χ2v) is 29.0. The quantitative estimate of drug-likeness (QED) is 0.0234. The van der Waals surface area contributed by atoms with Gasteiger partial charge in [-0.1, -0.05) is 319 Å². The zero-order valence-corrected chi connectivity index (χ0v) is 74.4. The number of phenols is 4. The molecule has 15 heteroatoms. The molecule has 4 N–H and O–H groups in total. The molecule has 3 aromatic rings. The van der Waals surface area contributed by atoms with Crippen LogP contribution in [0, 0.1) is 0 Å². The Kier molecular flexibility index (Phi) is 60.8. The Morgan fingerprint density at radius 3 is 0.744 bits per heavy atom. The molecule has 0 fully saturated rings. The summed E-state index contributed by atoms with van der Waals surface area (Å²) in [4.78, 5) is 69.7. The van der Waals surface area contributed by atoms with Crippen molar-refractivity contribution >= 4 is 29.8 Å². The maximum Gasteiger partial charge on any atom is 0.338 e. The van der Waals surface area contributed by atoms with Crippen molar-refractivity contribution in [1.82, 2.24) is 0 Å². The first kappa shape index (κ1) is 105. The van der Waals surface area contributed by atoms with Crippen LogP contribution in [-0.2, 0) is 30.3 Å². The summed E-state index contributed by atoms with van der Waals surface area (Å²) < 4.78 is 35.9. The summed E-state index contributed by atoms with van der Waals surface area (Å²) in [7, 11) is 0. The van der Waals surface area contributed by atoms with Crippen LogP contribution in [0.4, 0.5) is 0 Å². The number of allylic oxidation sites excluding steroid dienone is 48. The van der Waals surface area contributed by atoms with Crippen molar-refractivity contribution in [2.45, 2.75) is 252 Å². The van der Waals surface area contributed by atoms with Gasteiger partial charge < -0.3 is 48.8 Å². The van der Waals surface area contributed by atoms with Gasteiger partial charge in [0.1, 0.15) is 23.4 Å². The molecule has 0 bridgehead atoms. The van der Waals surface area contributed by atoms with Crippen molar-refractivity contribution in [3.8, 4) is 51.7 Å². The molecule has 668 valence electrons. The number of carbonyl (C=O) groups excluding carboxylic acids is 5. The number of rotatable bonds is 63. The highest BCUT2D eigenvalue weighted by Gasteiger charge is 2.38. The number of aromatic hydroxyl groups is 4. The summed E-state index contributed by atoms with van der Waals surface area (Å²) in [6, 6.07) is 7.02. The highest BCUT2D eigenvalue weighted by molar-refractivity contribution is 5.92.